The first-order valence-electron chi connectivity index (χ1n) is 5.79. The molecule has 3 N–H and O–H groups in total. The monoisotopic (exact) mass is 250 g/mol. The molecular weight excluding hydrogens is 232 g/mol. The van der Waals surface area contributed by atoms with Gasteiger partial charge in [-0.3, -0.25) is 4.79 Å². The molecule has 1 rings (SSSR count). The molecule has 0 bridgehead atoms. The lowest BCUT2D eigenvalue weighted by molar-refractivity contribution is -0.121. The van der Waals surface area contributed by atoms with E-state index in [1.165, 1.54) is 0 Å². The van der Waals surface area contributed by atoms with E-state index >= 15 is 0 Å². The van der Waals surface area contributed by atoms with Crippen molar-refractivity contribution in [2.75, 3.05) is 0 Å². The molecule has 0 saturated heterocycles. The van der Waals surface area contributed by atoms with Crippen molar-refractivity contribution >= 4 is 23.1 Å². The normalized spacial score (nSPS) is 9.94. The van der Waals surface area contributed by atoms with E-state index < -0.39 is 0 Å². The van der Waals surface area contributed by atoms with E-state index in [2.05, 4.69) is 12.2 Å². The lowest BCUT2D eigenvalue weighted by atomic mass is 10.1. The van der Waals surface area contributed by atoms with Gasteiger partial charge in [-0.15, -0.1) is 0 Å². The smallest absolute Gasteiger partial charge is 0.220 e. The van der Waals surface area contributed by atoms with Crippen LogP contribution in [-0.2, 0) is 11.3 Å². The predicted octanol–water partition coefficient (Wildman–Crippen LogP) is 2.13. The molecule has 0 spiro atoms. The summed E-state index contributed by atoms with van der Waals surface area (Å²) in [5.41, 5.74) is 7.40. The lowest BCUT2D eigenvalue weighted by Crippen LogP contribution is -2.22. The Hall–Kier alpha value is -1.42. The predicted molar refractivity (Wildman–Crippen MR) is 73.7 cm³/mol. The number of hydrogen-bond acceptors (Lipinski definition) is 2. The topological polar surface area (TPSA) is 55.1 Å². The maximum atomic E-state index is 11.4. The molecule has 4 heteroatoms. The largest absolute Gasteiger partial charge is 0.389 e. The summed E-state index contributed by atoms with van der Waals surface area (Å²) >= 11 is 4.87. The molecule has 0 heterocycles. The number of rotatable bonds is 6. The van der Waals surface area contributed by atoms with Gasteiger partial charge in [0.1, 0.15) is 4.99 Å². The standard InChI is InChI=1S/C13H18N2OS/c1-2-3-4-12(16)15-9-10-5-7-11(8-6-10)13(14)17/h5-8H,2-4,9H2,1H3,(H2,14,17)(H,15,16). The van der Waals surface area contributed by atoms with Gasteiger partial charge in [0.2, 0.25) is 5.91 Å². The molecule has 0 aliphatic rings. The maximum absolute atomic E-state index is 11.4. The molecule has 0 aliphatic heterocycles. The number of benzene rings is 1. The number of carbonyl (C=O) groups is 1. The van der Waals surface area contributed by atoms with Crippen molar-refractivity contribution in [3.63, 3.8) is 0 Å². The molecule has 0 fully saturated rings. The second-order valence-electron chi connectivity index (χ2n) is 3.94. The highest BCUT2D eigenvalue weighted by Crippen LogP contribution is 2.04. The zero-order valence-corrected chi connectivity index (χ0v) is 10.8. The fourth-order valence-corrected chi connectivity index (χ4v) is 1.55. The summed E-state index contributed by atoms with van der Waals surface area (Å²) in [5.74, 6) is 0.102. The third-order valence-electron chi connectivity index (χ3n) is 2.49. The summed E-state index contributed by atoms with van der Waals surface area (Å²) in [4.78, 5) is 11.8. The van der Waals surface area contributed by atoms with Gasteiger partial charge in [-0.05, 0) is 12.0 Å². The van der Waals surface area contributed by atoms with E-state index in [1.54, 1.807) is 0 Å². The Morgan fingerprint density at radius 2 is 2.00 bits per heavy atom. The first-order chi connectivity index (χ1) is 8.13. The van der Waals surface area contributed by atoms with Gasteiger partial charge in [0.15, 0.2) is 0 Å². The summed E-state index contributed by atoms with van der Waals surface area (Å²) in [6.45, 7) is 2.63. The van der Waals surface area contributed by atoms with Crippen LogP contribution in [-0.4, -0.2) is 10.9 Å². The van der Waals surface area contributed by atoms with Crippen LogP contribution >= 0.6 is 12.2 Å². The number of amides is 1. The minimum absolute atomic E-state index is 0.102. The molecule has 3 nitrogen and oxygen atoms in total. The zero-order valence-electron chi connectivity index (χ0n) is 10.0. The Balaban J connectivity index is 2.42. The molecular formula is C13H18N2OS. The van der Waals surface area contributed by atoms with E-state index in [1.807, 2.05) is 24.3 Å². The van der Waals surface area contributed by atoms with E-state index in [9.17, 15) is 4.79 Å². The van der Waals surface area contributed by atoms with Gasteiger partial charge in [-0.2, -0.15) is 0 Å². The fourth-order valence-electron chi connectivity index (χ4n) is 1.41. The minimum atomic E-state index is 0.102. The van der Waals surface area contributed by atoms with E-state index in [0.29, 0.717) is 18.0 Å². The first-order valence-corrected chi connectivity index (χ1v) is 6.19. The molecule has 1 aromatic rings. The van der Waals surface area contributed by atoms with Crippen LogP contribution in [0.4, 0.5) is 0 Å². The number of thiocarbonyl (C=S) groups is 1. The molecule has 0 atom stereocenters. The average molecular weight is 250 g/mol. The Kier molecular flexibility index (Phi) is 5.63. The Labute approximate surface area is 107 Å². The first kappa shape index (κ1) is 13.6. The van der Waals surface area contributed by atoms with Crippen molar-refractivity contribution in [3.8, 4) is 0 Å². The number of carbonyl (C=O) groups excluding carboxylic acids is 1. The number of hydrogen-bond donors (Lipinski definition) is 2. The summed E-state index contributed by atoms with van der Waals surface area (Å²) < 4.78 is 0. The van der Waals surface area contributed by atoms with Crippen LogP contribution in [0, 0.1) is 0 Å². The van der Waals surface area contributed by atoms with E-state index in [0.717, 1.165) is 24.0 Å². The molecule has 0 unspecified atom stereocenters. The fraction of sp³-hybridized carbons (Fsp3) is 0.385. The van der Waals surface area contributed by atoms with Crippen LogP contribution in [0.15, 0.2) is 24.3 Å². The van der Waals surface area contributed by atoms with Gasteiger partial charge in [-0.1, -0.05) is 49.8 Å². The maximum Gasteiger partial charge on any atom is 0.220 e. The summed E-state index contributed by atoms with van der Waals surface area (Å²) in [7, 11) is 0. The minimum Gasteiger partial charge on any atom is -0.389 e. The molecule has 17 heavy (non-hydrogen) atoms. The van der Waals surface area contributed by atoms with Crippen molar-refractivity contribution in [1.82, 2.24) is 5.32 Å². The van der Waals surface area contributed by atoms with Crippen molar-refractivity contribution in [1.29, 1.82) is 0 Å². The van der Waals surface area contributed by atoms with Crippen LogP contribution in [0.1, 0.15) is 37.3 Å². The van der Waals surface area contributed by atoms with Gasteiger partial charge >= 0.3 is 0 Å². The molecule has 0 radical (unpaired) electrons. The molecule has 1 amide bonds. The lowest BCUT2D eigenvalue weighted by Gasteiger charge is -2.05. The van der Waals surface area contributed by atoms with Crippen LogP contribution in [0.25, 0.3) is 0 Å². The van der Waals surface area contributed by atoms with Gasteiger partial charge in [0, 0.05) is 18.5 Å². The van der Waals surface area contributed by atoms with Gasteiger partial charge in [0.25, 0.3) is 0 Å². The number of unbranched alkanes of at least 4 members (excludes halogenated alkanes) is 1. The SMILES string of the molecule is CCCCC(=O)NCc1ccc(C(N)=S)cc1. The molecule has 92 valence electrons. The zero-order chi connectivity index (χ0) is 12.7. The number of nitrogens with one attached hydrogen (secondary N) is 1. The second-order valence-corrected chi connectivity index (χ2v) is 4.38. The van der Waals surface area contributed by atoms with Crippen molar-refractivity contribution in [3.05, 3.63) is 35.4 Å². The third kappa shape index (κ3) is 4.95. The molecule has 0 saturated carbocycles. The highest BCUT2D eigenvalue weighted by molar-refractivity contribution is 7.80. The quantitative estimate of drug-likeness (QED) is 0.760. The van der Waals surface area contributed by atoms with E-state index in [-0.39, 0.29) is 5.91 Å². The Morgan fingerprint density at radius 1 is 1.35 bits per heavy atom. The van der Waals surface area contributed by atoms with Crippen LogP contribution < -0.4 is 11.1 Å². The van der Waals surface area contributed by atoms with Crippen LogP contribution in [0.2, 0.25) is 0 Å². The van der Waals surface area contributed by atoms with Crippen LogP contribution in [0.5, 0.6) is 0 Å². The van der Waals surface area contributed by atoms with Crippen molar-refractivity contribution in [2.45, 2.75) is 32.7 Å². The highest BCUT2D eigenvalue weighted by Gasteiger charge is 2.01. The number of nitrogens with two attached hydrogens (primary N) is 1. The Bertz CT molecular complexity index is 387. The highest BCUT2D eigenvalue weighted by atomic mass is 32.1. The van der Waals surface area contributed by atoms with Gasteiger partial charge in [-0.25, -0.2) is 0 Å². The van der Waals surface area contributed by atoms with Gasteiger partial charge in [0.05, 0.1) is 0 Å². The second kappa shape index (κ2) is 7.01. The van der Waals surface area contributed by atoms with Crippen molar-refractivity contribution in [2.24, 2.45) is 5.73 Å². The molecule has 0 aliphatic carbocycles. The molecule has 0 aromatic heterocycles. The summed E-state index contributed by atoms with van der Waals surface area (Å²) in [6.07, 6.45) is 2.57. The average Bonchev–Trinajstić information content (AvgIpc) is 2.34. The van der Waals surface area contributed by atoms with Crippen molar-refractivity contribution < 1.29 is 4.79 Å². The Morgan fingerprint density at radius 3 is 2.53 bits per heavy atom. The third-order valence-corrected chi connectivity index (χ3v) is 2.72. The van der Waals surface area contributed by atoms with E-state index in [4.69, 9.17) is 18.0 Å². The summed E-state index contributed by atoms with van der Waals surface area (Å²) in [5, 5.41) is 2.88. The summed E-state index contributed by atoms with van der Waals surface area (Å²) in [6, 6.07) is 7.59. The molecule has 1 aromatic carbocycles. The van der Waals surface area contributed by atoms with Gasteiger partial charge < -0.3 is 11.1 Å². The van der Waals surface area contributed by atoms with Crippen LogP contribution in [0.3, 0.4) is 0 Å².